The van der Waals surface area contributed by atoms with Crippen molar-refractivity contribution < 1.29 is 9.72 Å². The molecule has 102 valence electrons. The van der Waals surface area contributed by atoms with Gasteiger partial charge in [-0.05, 0) is 25.3 Å². The van der Waals surface area contributed by atoms with Gasteiger partial charge in [-0.1, -0.05) is 11.6 Å². The number of anilines is 1. The van der Waals surface area contributed by atoms with Crippen molar-refractivity contribution in [3.05, 3.63) is 32.8 Å². The van der Waals surface area contributed by atoms with Crippen LogP contribution >= 0.6 is 11.6 Å². The molecule has 6 nitrogen and oxygen atoms in total. The largest absolute Gasteiger partial charge is 0.392 e. The Bertz CT molecular complexity index is 543. The van der Waals surface area contributed by atoms with Crippen LogP contribution in [0.15, 0.2) is 12.1 Å². The molecule has 0 heterocycles. The van der Waals surface area contributed by atoms with E-state index in [1.54, 1.807) is 11.9 Å². The fraction of sp³-hybridized carbons (Fsp3) is 0.417. The highest BCUT2D eigenvalue weighted by Crippen LogP contribution is 2.32. The normalized spacial score (nSPS) is 14.8. The van der Waals surface area contributed by atoms with Gasteiger partial charge in [0.05, 0.1) is 9.95 Å². The zero-order valence-electron chi connectivity index (χ0n) is 10.4. The van der Waals surface area contributed by atoms with Crippen molar-refractivity contribution in [3.63, 3.8) is 0 Å². The van der Waals surface area contributed by atoms with E-state index in [4.69, 9.17) is 17.3 Å². The van der Waals surface area contributed by atoms with E-state index in [0.29, 0.717) is 0 Å². The zero-order chi connectivity index (χ0) is 14.2. The van der Waals surface area contributed by atoms with Gasteiger partial charge in [-0.25, -0.2) is 0 Å². The minimum absolute atomic E-state index is 0.0274. The zero-order valence-corrected chi connectivity index (χ0v) is 11.2. The Balaban J connectivity index is 2.34. The molecule has 0 unspecified atom stereocenters. The van der Waals surface area contributed by atoms with Crippen molar-refractivity contribution in [1.29, 1.82) is 0 Å². The maximum Gasteiger partial charge on any atom is 0.294 e. The number of amides is 1. The molecule has 0 spiro atoms. The van der Waals surface area contributed by atoms with E-state index >= 15 is 0 Å². The number of carbonyl (C=O) groups excluding carboxylic acids is 1. The highest BCUT2D eigenvalue weighted by molar-refractivity contribution is 6.34. The molecule has 2 rings (SSSR count). The van der Waals surface area contributed by atoms with Crippen molar-refractivity contribution >= 4 is 28.9 Å². The van der Waals surface area contributed by atoms with Crippen LogP contribution in [0, 0.1) is 10.1 Å². The molecule has 1 fully saturated rings. The van der Waals surface area contributed by atoms with Crippen LogP contribution in [0.2, 0.25) is 5.02 Å². The summed E-state index contributed by atoms with van der Waals surface area (Å²) >= 11 is 5.84. The molecular formula is C12H14ClN3O3. The summed E-state index contributed by atoms with van der Waals surface area (Å²) in [7, 11) is 1.70. The molecule has 1 aliphatic rings. The predicted octanol–water partition coefficient (Wildman–Crippen LogP) is 2.45. The number of nitrogen functional groups attached to an aromatic ring is 1. The van der Waals surface area contributed by atoms with Crippen molar-refractivity contribution in [2.45, 2.75) is 25.3 Å². The molecule has 0 aliphatic heterocycles. The van der Waals surface area contributed by atoms with Gasteiger partial charge in [0.15, 0.2) is 0 Å². The summed E-state index contributed by atoms with van der Waals surface area (Å²) < 4.78 is 0. The van der Waals surface area contributed by atoms with E-state index in [2.05, 4.69) is 0 Å². The van der Waals surface area contributed by atoms with Crippen molar-refractivity contribution in [2.75, 3.05) is 12.8 Å². The molecule has 0 aromatic heterocycles. The van der Waals surface area contributed by atoms with Gasteiger partial charge in [-0.15, -0.1) is 0 Å². The van der Waals surface area contributed by atoms with Gasteiger partial charge >= 0.3 is 0 Å². The van der Waals surface area contributed by atoms with E-state index in [1.807, 2.05) is 0 Å². The number of benzene rings is 1. The van der Waals surface area contributed by atoms with Crippen LogP contribution in [0.4, 0.5) is 11.4 Å². The smallest absolute Gasteiger partial charge is 0.294 e. The van der Waals surface area contributed by atoms with Crippen LogP contribution in [-0.2, 0) is 0 Å². The molecule has 7 heteroatoms. The number of nitro groups is 1. The minimum Gasteiger partial charge on any atom is -0.392 e. The summed E-state index contributed by atoms with van der Waals surface area (Å²) in [5, 5.41) is 10.9. The third kappa shape index (κ3) is 2.49. The first kappa shape index (κ1) is 13.6. The average molecular weight is 284 g/mol. The van der Waals surface area contributed by atoms with Crippen LogP contribution < -0.4 is 5.73 Å². The maximum atomic E-state index is 12.2. The number of hydrogen-bond donors (Lipinski definition) is 1. The molecule has 0 radical (unpaired) electrons. The average Bonchev–Trinajstić information content (AvgIpc) is 2.28. The lowest BCUT2D eigenvalue weighted by molar-refractivity contribution is -0.383. The number of hydrogen-bond acceptors (Lipinski definition) is 4. The Kier molecular flexibility index (Phi) is 3.61. The van der Waals surface area contributed by atoms with Crippen molar-refractivity contribution in [1.82, 2.24) is 4.90 Å². The number of nitrogens with two attached hydrogens (primary N) is 1. The van der Waals surface area contributed by atoms with Crippen LogP contribution in [-0.4, -0.2) is 28.8 Å². The van der Waals surface area contributed by atoms with Gasteiger partial charge in [0, 0.05) is 24.7 Å². The molecular weight excluding hydrogens is 270 g/mol. The Morgan fingerprint density at radius 2 is 2.16 bits per heavy atom. The lowest BCUT2D eigenvalue weighted by Crippen LogP contribution is -2.41. The van der Waals surface area contributed by atoms with Crippen LogP contribution in [0.25, 0.3) is 0 Å². The summed E-state index contributed by atoms with van der Waals surface area (Å²) in [4.78, 5) is 24.1. The predicted molar refractivity (Wildman–Crippen MR) is 72.3 cm³/mol. The first-order valence-corrected chi connectivity index (χ1v) is 6.30. The maximum absolute atomic E-state index is 12.2. The van der Waals surface area contributed by atoms with E-state index in [-0.39, 0.29) is 33.9 Å². The minimum atomic E-state index is -0.638. The first-order valence-electron chi connectivity index (χ1n) is 5.92. The van der Waals surface area contributed by atoms with Gasteiger partial charge in [0.1, 0.15) is 5.69 Å². The second-order valence-electron chi connectivity index (χ2n) is 4.65. The molecule has 19 heavy (non-hydrogen) atoms. The van der Waals surface area contributed by atoms with Gasteiger partial charge in [0.2, 0.25) is 0 Å². The molecule has 0 bridgehead atoms. The van der Waals surface area contributed by atoms with Gasteiger partial charge in [0.25, 0.3) is 11.6 Å². The fourth-order valence-corrected chi connectivity index (χ4v) is 2.24. The number of carbonyl (C=O) groups is 1. The van der Waals surface area contributed by atoms with Crippen molar-refractivity contribution in [3.8, 4) is 0 Å². The molecule has 1 amide bonds. The number of nitrogens with zero attached hydrogens (tertiary/aromatic N) is 2. The van der Waals surface area contributed by atoms with E-state index < -0.39 is 4.92 Å². The van der Waals surface area contributed by atoms with Gasteiger partial charge in [-0.2, -0.15) is 0 Å². The lowest BCUT2D eigenvalue weighted by atomic mass is 9.91. The van der Waals surface area contributed by atoms with Crippen LogP contribution in [0.1, 0.15) is 29.6 Å². The fourth-order valence-electron chi connectivity index (χ4n) is 2.02. The summed E-state index contributed by atoms with van der Waals surface area (Å²) in [5.41, 5.74) is 5.27. The molecule has 1 aromatic carbocycles. The molecule has 1 aromatic rings. The van der Waals surface area contributed by atoms with Crippen LogP contribution in [0.5, 0.6) is 0 Å². The van der Waals surface area contributed by atoms with E-state index in [9.17, 15) is 14.9 Å². The molecule has 2 N–H and O–H groups in total. The van der Waals surface area contributed by atoms with Crippen LogP contribution in [0.3, 0.4) is 0 Å². The topological polar surface area (TPSA) is 89.5 Å². The monoisotopic (exact) mass is 283 g/mol. The Labute approximate surface area is 115 Å². The second-order valence-corrected chi connectivity index (χ2v) is 5.06. The first-order chi connectivity index (χ1) is 8.91. The molecule has 0 saturated heterocycles. The summed E-state index contributed by atoms with van der Waals surface area (Å²) in [6.45, 7) is 0. The standard InChI is InChI=1S/C12H14ClN3O3/c1-15(8-3-2-4-8)12(17)7-5-9(13)11(14)10(6-7)16(18)19/h5-6,8H,2-4,14H2,1H3. The van der Waals surface area contributed by atoms with Gasteiger partial charge < -0.3 is 10.6 Å². The Morgan fingerprint density at radius 1 is 1.53 bits per heavy atom. The molecule has 1 aliphatic carbocycles. The summed E-state index contributed by atoms with van der Waals surface area (Å²) in [6.07, 6.45) is 3.03. The lowest BCUT2D eigenvalue weighted by Gasteiger charge is -2.34. The highest BCUT2D eigenvalue weighted by Gasteiger charge is 2.28. The Hall–Kier alpha value is -1.82. The van der Waals surface area contributed by atoms with E-state index in [1.165, 1.54) is 12.1 Å². The number of nitro benzene ring substituents is 1. The second kappa shape index (κ2) is 5.05. The molecule has 1 saturated carbocycles. The highest BCUT2D eigenvalue weighted by atomic mass is 35.5. The quantitative estimate of drug-likeness (QED) is 0.524. The third-order valence-electron chi connectivity index (χ3n) is 3.49. The number of rotatable bonds is 3. The third-order valence-corrected chi connectivity index (χ3v) is 3.81. The van der Waals surface area contributed by atoms with Gasteiger partial charge in [-0.3, -0.25) is 14.9 Å². The number of halogens is 1. The summed E-state index contributed by atoms with van der Waals surface area (Å²) in [5.74, 6) is -0.269. The van der Waals surface area contributed by atoms with Crippen molar-refractivity contribution in [2.24, 2.45) is 0 Å². The Morgan fingerprint density at radius 3 is 2.63 bits per heavy atom. The molecule has 0 atom stereocenters. The SMILES string of the molecule is CN(C(=O)c1cc(Cl)c(N)c([N+](=O)[O-])c1)C1CCC1. The van der Waals surface area contributed by atoms with E-state index in [0.717, 1.165) is 19.3 Å². The summed E-state index contributed by atoms with van der Waals surface area (Å²) in [6, 6.07) is 2.77.